The molecule has 4 fully saturated rings. The molecule has 0 atom stereocenters. The molecule has 0 amide bonds. The van der Waals surface area contributed by atoms with Gasteiger partial charge >= 0.3 is 0 Å². The average Bonchev–Trinajstić information content (AvgIpc) is 3.60. The molecule has 0 aliphatic heterocycles. The summed E-state index contributed by atoms with van der Waals surface area (Å²) in [4.78, 5) is 2.53. The summed E-state index contributed by atoms with van der Waals surface area (Å²) < 4.78 is 2.70. The largest absolute Gasteiger partial charge is 0.310 e. The Kier molecular flexibility index (Phi) is 5.22. The van der Waals surface area contributed by atoms with E-state index < -0.39 is 0 Å². The number of thiophene rings is 1. The number of hydrogen-bond acceptors (Lipinski definition) is 2. The van der Waals surface area contributed by atoms with Gasteiger partial charge in [0.1, 0.15) is 0 Å². The minimum Gasteiger partial charge on any atom is -0.310 e. The number of benzene rings is 6. The van der Waals surface area contributed by atoms with Gasteiger partial charge in [-0.1, -0.05) is 84.9 Å². The summed E-state index contributed by atoms with van der Waals surface area (Å²) in [6.07, 6.45) is 7.10. The molecule has 6 aromatic carbocycles. The van der Waals surface area contributed by atoms with Crippen LogP contribution in [0.15, 0.2) is 127 Å². The molecule has 1 aromatic heterocycles. The van der Waals surface area contributed by atoms with E-state index >= 15 is 0 Å². The van der Waals surface area contributed by atoms with Crippen molar-refractivity contribution in [2.24, 2.45) is 23.7 Å². The number of fused-ring (bicyclic) bond motifs is 7. The predicted molar refractivity (Wildman–Crippen MR) is 195 cm³/mol. The van der Waals surface area contributed by atoms with Crippen LogP contribution in [0, 0.1) is 23.7 Å². The van der Waals surface area contributed by atoms with E-state index in [1.54, 1.807) is 11.1 Å². The summed E-state index contributed by atoms with van der Waals surface area (Å²) in [5.74, 6) is 3.39. The summed E-state index contributed by atoms with van der Waals surface area (Å²) in [5.41, 5.74) is 10.1. The van der Waals surface area contributed by atoms with Crippen molar-refractivity contribution in [3.05, 3.63) is 139 Å². The van der Waals surface area contributed by atoms with Crippen LogP contribution in [0.2, 0.25) is 0 Å². The van der Waals surface area contributed by atoms with Gasteiger partial charge in [0, 0.05) is 42.6 Å². The maximum absolute atomic E-state index is 2.63. The van der Waals surface area contributed by atoms with Gasteiger partial charge < -0.3 is 4.90 Å². The van der Waals surface area contributed by atoms with E-state index in [0.717, 1.165) is 23.7 Å². The Labute approximate surface area is 274 Å². The van der Waals surface area contributed by atoms with Crippen LogP contribution in [0.25, 0.3) is 42.1 Å². The Bertz CT molecular complexity index is 2330. The normalized spacial score (nSPS) is 25.5. The van der Waals surface area contributed by atoms with Crippen LogP contribution in [0.4, 0.5) is 17.1 Å². The van der Waals surface area contributed by atoms with Crippen molar-refractivity contribution in [3.8, 4) is 11.1 Å². The molecule has 4 bridgehead atoms. The van der Waals surface area contributed by atoms with Gasteiger partial charge in [0.05, 0.1) is 0 Å². The van der Waals surface area contributed by atoms with Crippen molar-refractivity contribution in [1.29, 1.82) is 0 Å². The molecule has 46 heavy (non-hydrogen) atoms. The molecular weight excluding hydrogens is 575 g/mol. The van der Waals surface area contributed by atoms with Crippen molar-refractivity contribution in [3.63, 3.8) is 0 Å². The van der Waals surface area contributed by atoms with Crippen LogP contribution in [-0.2, 0) is 5.41 Å². The minimum absolute atomic E-state index is 0.153. The Morgan fingerprint density at radius 1 is 0.478 bits per heavy atom. The Morgan fingerprint density at radius 3 is 1.98 bits per heavy atom. The molecule has 4 saturated carbocycles. The second-order valence-electron chi connectivity index (χ2n) is 14.6. The Hall–Kier alpha value is -4.40. The third-order valence-corrected chi connectivity index (χ3v) is 13.5. The monoisotopic (exact) mass is 609 g/mol. The molecule has 1 nitrogen and oxygen atoms in total. The Balaban J connectivity index is 1.15. The maximum Gasteiger partial charge on any atom is 0.0476 e. The molecule has 0 radical (unpaired) electrons. The highest BCUT2D eigenvalue weighted by Gasteiger charge is 2.61. The van der Waals surface area contributed by atoms with Crippen LogP contribution in [0.5, 0.6) is 0 Å². The van der Waals surface area contributed by atoms with Gasteiger partial charge in [0.25, 0.3) is 0 Å². The summed E-state index contributed by atoms with van der Waals surface area (Å²) >= 11 is 1.90. The van der Waals surface area contributed by atoms with Crippen LogP contribution in [0.3, 0.4) is 0 Å². The zero-order valence-corrected chi connectivity index (χ0v) is 26.6. The first kappa shape index (κ1) is 25.8. The first-order valence-electron chi connectivity index (χ1n) is 17.2. The molecule has 7 aromatic rings. The summed E-state index contributed by atoms with van der Waals surface area (Å²) in [6.45, 7) is 0. The van der Waals surface area contributed by atoms with Gasteiger partial charge in [-0.3, -0.25) is 0 Å². The predicted octanol–water partition coefficient (Wildman–Crippen LogP) is 12.4. The summed E-state index contributed by atoms with van der Waals surface area (Å²) in [6, 6.07) is 48.6. The molecular formula is C44H35NS. The summed E-state index contributed by atoms with van der Waals surface area (Å²) in [5, 5.41) is 5.26. The quantitative estimate of drug-likeness (QED) is 0.193. The lowest BCUT2D eigenvalue weighted by molar-refractivity contribution is -0.0399. The highest BCUT2D eigenvalue weighted by atomic mass is 32.1. The lowest BCUT2D eigenvalue weighted by atomic mass is 9.43. The van der Waals surface area contributed by atoms with Gasteiger partial charge in [0.2, 0.25) is 0 Å². The highest BCUT2D eigenvalue weighted by Crippen LogP contribution is 2.69. The number of nitrogens with zero attached hydrogens (tertiary/aromatic N) is 1. The van der Waals surface area contributed by atoms with Gasteiger partial charge in [0.15, 0.2) is 0 Å². The van der Waals surface area contributed by atoms with E-state index in [1.165, 1.54) is 91.2 Å². The topological polar surface area (TPSA) is 3.24 Å². The van der Waals surface area contributed by atoms with Crippen molar-refractivity contribution >= 4 is 59.3 Å². The Morgan fingerprint density at radius 2 is 1.11 bits per heavy atom. The first-order chi connectivity index (χ1) is 22.7. The first-order valence-corrected chi connectivity index (χ1v) is 18.0. The molecule has 0 N–H and O–H groups in total. The molecule has 0 saturated heterocycles. The fourth-order valence-corrected chi connectivity index (χ4v) is 12.0. The number of anilines is 3. The van der Waals surface area contributed by atoms with Crippen LogP contribution >= 0.6 is 11.3 Å². The number of hydrogen-bond donors (Lipinski definition) is 0. The molecule has 5 aliphatic carbocycles. The molecule has 1 spiro atoms. The van der Waals surface area contributed by atoms with Crippen molar-refractivity contribution < 1.29 is 0 Å². The fourth-order valence-electron chi connectivity index (χ4n) is 10.9. The summed E-state index contributed by atoms with van der Waals surface area (Å²) in [7, 11) is 0. The van der Waals surface area contributed by atoms with Gasteiger partial charge in [-0.05, 0) is 131 Å². The minimum atomic E-state index is 0.153. The lowest BCUT2D eigenvalue weighted by Gasteiger charge is -2.61. The second-order valence-corrected chi connectivity index (χ2v) is 15.7. The van der Waals surface area contributed by atoms with Crippen molar-refractivity contribution in [1.82, 2.24) is 0 Å². The number of rotatable bonds is 3. The van der Waals surface area contributed by atoms with E-state index in [2.05, 4.69) is 132 Å². The molecule has 1 heterocycles. The van der Waals surface area contributed by atoms with Crippen LogP contribution in [-0.4, -0.2) is 0 Å². The molecule has 222 valence electrons. The standard InChI is InChI=1S/C44H35NS/c1-2-8-30-24-33(14-13-29(30)7-1)45(35-16-18-39-38-10-4-6-12-42(38)46-43(39)26-35)34-15-17-37-36-9-3-5-11-40(36)44(41(37)25-34)31-20-27-19-28(22-31)23-32(44)21-27/h1-18,24-28,31-32H,19-23H2. The molecule has 12 rings (SSSR count). The van der Waals surface area contributed by atoms with Crippen LogP contribution in [0.1, 0.15) is 43.2 Å². The highest BCUT2D eigenvalue weighted by molar-refractivity contribution is 7.25. The second kappa shape index (κ2) is 9.33. The van der Waals surface area contributed by atoms with Gasteiger partial charge in [-0.15, -0.1) is 11.3 Å². The van der Waals surface area contributed by atoms with Crippen LogP contribution < -0.4 is 4.90 Å². The fraction of sp³-hybridized carbons (Fsp3) is 0.227. The van der Waals surface area contributed by atoms with E-state index in [-0.39, 0.29) is 5.41 Å². The zero-order valence-electron chi connectivity index (χ0n) is 25.8. The SMILES string of the molecule is c1ccc2c(c1)-c1ccc(N(c3ccc4ccccc4c3)c3ccc4c(c3)sc3ccccc34)cc1C21C2CC3CC(C2)CC1C3. The smallest absolute Gasteiger partial charge is 0.0476 e. The molecule has 2 heteroatoms. The third-order valence-electron chi connectivity index (χ3n) is 12.4. The average molecular weight is 610 g/mol. The van der Waals surface area contributed by atoms with Crippen molar-refractivity contribution in [2.75, 3.05) is 4.90 Å². The van der Waals surface area contributed by atoms with E-state index in [4.69, 9.17) is 0 Å². The van der Waals surface area contributed by atoms with Gasteiger partial charge in [-0.2, -0.15) is 0 Å². The van der Waals surface area contributed by atoms with Crippen molar-refractivity contribution in [2.45, 2.75) is 37.5 Å². The maximum atomic E-state index is 2.63. The van der Waals surface area contributed by atoms with E-state index in [1.807, 2.05) is 11.3 Å². The van der Waals surface area contributed by atoms with Gasteiger partial charge in [-0.25, -0.2) is 0 Å². The van der Waals surface area contributed by atoms with E-state index in [9.17, 15) is 0 Å². The molecule has 0 unspecified atom stereocenters. The zero-order chi connectivity index (χ0) is 30.0. The lowest BCUT2D eigenvalue weighted by Crippen LogP contribution is -2.55. The third kappa shape index (κ3) is 3.41. The van der Waals surface area contributed by atoms with E-state index in [0.29, 0.717) is 0 Å². The molecule has 5 aliphatic rings.